The molecule has 0 saturated heterocycles. The SMILES string of the molecule is C=CC(C=C)C(=O)[O-].C=CC(C=C)C(=O)[O-].[Zn+2]. The molecule has 0 unspecified atom stereocenters. The first-order chi connectivity index (χ1) is 7.44. The third kappa shape index (κ3) is 10.8. The molecule has 0 spiro atoms. The van der Waals surface area contributed by atoms with Crippen LogP contribution in [0.1, 0.15) is 0 Å². The third-order valence-electron chi connectivity index (χ3n) is 1.56. The van der Waals surface area contributed by atoms with Crippen LogP contribution in [0.2, 0.25) is 0 Å². The molecule has 0 amide bonds. The zero-order chi connectivity index (χ0) is 13.1. The summed E-state index contributed by atoms with van der Waals surface area (Å²) >= 11 is 0. The second kappa shape index (κ2) is 12.6. The molecule has 0 aromatic carbocycles. The molecule has 4 nitrogen and oxygen atoms in total. The summed E-state index contributed by atoms with van der Waals surface area (Å²) in [6.45, 7) is 13.0. The zero-order valence-corrected chi connectivity index (χ0v) is 12.6. The maximum Gasteiger partial charge on any atom is 2.00 e. The van der Waals surface area contributed by atoms with Gasteiger partial charge in [-0.1, -0.05) is 24.3 Å². The topological polar surface area (TPSA) is 80.3 Å². The summed E-state index contributed by atoms with van der Waals surface area (Å²) in [5.74, 6) is -3.74. The molecule has 88 valence electrons. The summed E-state index contributed by atoms with van der Waals surface area (Å²) in [5, 5.41) is 19.8. The molecule has 0 aliphatic carbocycles. The maximum atomic E-state index is 9.91. The van der Waals surface area contributed by atoms with Gasteiger partial charge in [0, 0.05) is 11.8 Å². The molecule has 0 aromatic rings. The van der Waals surface area contributed by atoms with Crippen LogP contribution in [0.5, 0.6) is 0 Å². The molecule has 0 saturated carbocycles. The van der Waals surface area contributed by atoms with Gasteiger partial charge in [-0.25, -0.2) is 0 Å². The van der Waals surface area contributed by atoms with Crippen LogP contribution < -0.4 is 10.2 Å². The maximum absolute atomic E-state index is 9.91. The van der Waals surface area contributed by atoms with E-state index in [9.17, 15) is 19.8 Å². The van der Waals surface area contributed by atoms with Gasteiger partial charge in [0.15, 0.2) is 0 Å². The van der Waals surface area contributed by atoms with E-state index in [2.05, 4.69) is 26.3 Å². The fraction of sp³-hybridized carbons (Fsp3) is 0.167. The van der Waals surface area contributed by atoms with E-state index in [0.717, 1.165) is 0 Å². The Morgan fingerprint density at radius 1 is 0.765 bits per heavy atom. The second-order valence-electron chi connectivity index (χ2n) is 2.63. The Morgan fingerprint density at radius 3 is 0.941 bits per heavy atom. The van der Waals surface area contributed by atoms with Crippen LogP contribution in [0.3, 0.4) is 0 Å². The van der Waals surface area contributed by atoms with Crippen molar-refractivity contribution in [2.75, 3.05) is 0 Å². The van der Waals surface area contributed by atoms with Gasteiger partial charge in [0.05, 0.1) is 11.9 Å². The number of hydrogen-bond donors (Lipinski definition) is 0. The molecule has 0 rings (SSSR count). The van der Waals surface area contributed by atoms with Crippen LogP contribution in [-0.2, 0) is 29.1 Å². The zero-order valence-electron chi connectivity index (χ0n) is 9.63. The van der Waals surface area contributed by atoms with Crippen LogP contribution in [0, 0.1) is 11.8 Å². The number of carbonyl (C=O) groups is 2. The van der Waals surface area contributed by atoms with Gasteiger partial charge in [-0.05, 0) is 0 Å². The first-order valence-corrected chi connectivity index (χ1v) is 4.36. The van der Waals surface area contributed by atoms with Crippen molar-refractivity contribution in [2.45, 2.75) is 0 Å². The Morgan fingerprint density at radius 2 is 0.941 bits per heavy atom. The minimum absolute atomic E-state index is 0. The predicted molar refractivity (Wildman–Crippen MR) is 57.8 cm³/mol. The Balaban J connectivity index is -0.000000218. The number of aliphatic carboxylic acids is 2. The Bertz CT molecular complexity index is 251. The number of carbonyl (C=O) groups excluding carboxylic acids is 2. The first kappa shape index (κ1) is 20.9. The van der Waals surface area contributed by atoms with Gasteiger partial charge in [-0.3, -0.25) is 0 Å². The monoisotopic (exact) mass is 286 g/mol. The Hall–Kier alpha value is -1.48. The quantitative estimate of drug-likeness (QED) is 0.485. The van der Waals surface area contributed by atoms with E-state index in [4.69, 9.17) is 0 Å². The fourth-order valence-corrected chi connectivity index (χ4v) is 0.577. The van der Waals surface area contributed by atoms with Gasteiger partial charge in [-0.15, -0.1) is 26.3 Å². The number of carboxylic acid groups (broad SMARTS) is 2. The standard InChI is InChI=1S/2C6H8O2.Zn/c2*1-3-5(4-2)6(7)8;/h2*3-5H,1-2H2,(H,7,8);/q;;+2/p-2. The van der Waals surface area contributed by atoms with E-state index in [1.54, 1.807) is 0 Å². The summed E-state index contributed by atoms with van der Waals surface area (Å²) in [4.78, 5) is 19.8. The first-order valence-electron chi connectivity index (χ1n) is 4.36. The molecule has 0 aliphatic rings. The number of rotatable bonds is 6. The predicted octanol–water partition coefficient (Wildman–Crippen LogP) is -0.553. The largest absolute Gasteiger partial charge is 2.00 e. The van der Waals surface area contributed by atoms with E-state index in [1.807, 2.05) is 0 Å². The van der Waals surface area contributed by atoms with E-state index >= 15 is 0 Å². The summed E-state index contributed by atoms with van der Waals surface area (Å²) < 4.78 is 0. The van der Waals surface area contributed by atoms with Crippen LogP contribution in [-0.4, -0.2) is 11.9 Å². The van der Waals surface area contributed by atoms with Gasteiger partial charge in [0.2, 0.25) is 0 Å². The van der Waals surface area contributed by atoms with Crippen molar-refractivity contribution in [1.29, 1.82) is 0 Å². The minimum atomic E-state index is -1.16. The molecular formula is C12H14O4Zn. The smallest absolute Gasteiger partial charge is 0.549 e. The summed E-state index contributed by atoms with van der Waals surface area (Å²) in [7, 11) is 0. The van der Waals surface area contributed by atoms with Gasteiger partial charge < -0.3 is 19.8 Å². The number of hydrogen-bond acceptors (Lipinski definition) is 4. The number of carboxylic acids is 2. The van der Waals surface area contributed by atoms with Crippen molar-refractivity contribution in [1.82, 2.24) is 0 Å². The summed E-state index contributed by atoms with van der Waals surface area (Å²) in [5.41, 5.74) is 0. The van der Waals surface area contributed by atoms with Crippen molar-refractivity contribution in [3.63, 3.8) is 0 Å². The second-order valence-corrected chi connectivity index (χ2v) is 2.63. The molecular weight excluding hydrogens is 274 g/mol. The Kier molecular flexibility index (Phi) is 15.5. The van der Waals surface area contributed by atoms with E-state index in [-0.39, 0.29) is 19.5 Å². The van der Waals surface area contributed by atoms with Crippen molar-refractivity contribution in [3.8, 4) is 0 Å². The van der Waals surface area contributed by atoms with E-state index in [1.165, 1.54) is 24.3 Å². The van der Waals surface area contributed by atoms with Gasteiger partial charge in [-0.2, -0.15) is 0 Å². The van der Waals surface area contributed by atoms with Crippen LogP contribution >= 0.6 is 0 Å². The Labute approximate surface area is 114 Å². The normalized spacial score (nSPS) is 8.12. The molecule has 0 bridgehead atoms. The molecule has 0 atom stereocenters. The minimum Gasteiger partial charge on any atom is -0.549 e. The third-order valence-corrected chi connectivity index (χ3v) is 1.56. The molecule has 0 radical (unpaired) electrons. The van der Waals surface area contributed by atoms with Crippen molar-refractivity contribution >= 4 is 11.9 Å². The molecule has 0 N–H and O–H groups in total. The molecule has 5 heteroatoms. The summed E-state index contributed by atoms with van der Waals surface area (Å²) in [6, 6.07) is 0. The van der Waals surface area contributed by atoms with Crippen LogP contribution in [0.25, 0.3) is 0 Å². The molecule has 0 aliphatic heterocycles. The van der Waals surface area contributed by atoms with Gasteiger partial charge >= 0.3 is 19.5 Å². The molecule has 0 heterocycles. The van der Waals surface area contributed by atoms with Gasteiger partial charge in [0.1, 0.15) is 0 Å². The average Bonchev–Trinajstić information content (AvgIpc) is 2.21. The fourth-order valence-electron chi connectivity index (χ4n) is 0.577. The van der Waals surface area contributed by atoms with E-state index in [0.29, 0.717) is 0 Å². The van der Waals surface area contributed by atoms with Crippen molar-refractivity contribution in [2.24, 2.45) is 11.8 Å². The molecule has 0 fully saturated rings. The van der Waals surface area contributed by atoms with Crippen molar-refractivity contribution in [3.05, 3.63) is 50.6 Å². The summed E-state index contributed by atoms with van der Waals surface area (Å²) in [6.07, 6.45) is 5.06. The van der Waals surface area contributed by atoms with E-state index < -0.39 is 23.8 Å². The van der Waals surface area contributed by atoms with Crippen LogP contribution in [0.15, 0.2) is 50.6 Å². The van der Waals surface area contributed by atoms with Gasteiger partial charge in [0.25, 0.3) is 0 Å². The van der Waals surface area contributed by atoms with Crippen molar-refractivity contribution < 1.29 is 39.3 Å². The average molecular weight is 288 g/mol. The molecule has 0 aromatic heterocycles. The van der Waals surface area contributed by atoms with Crippen LogP contribution in [0.4, 0.5) is 0 Å². The molecule has 17 heavy (non-hydrogen) atoms.